The summed E-state index contributed by atoms with van der Waals surface area (Å²) in [5.41, 5.74) is 5.19. The summed E-state index contributed by atoms with van der Waals surface area (Å²) in [6, 6.07) is -0.663. The number of nitrogens with two attached hydrogens (primary N) is 1. The van der Waals surface area contributed by atoms with Crippen LogP contribution in [0.5, 0.6) is 0 Å². The Bertz CT molecular complexity index is 417. The summed E-state index contributed by atoms with van der Waals surface area (Å²) in [5, 5.41) is 15.8. The van der Waals surface area contributed by atoms with Gasteiger partial charge < -0.3 is 10.8 Å². The van der Waals surface area contributed by atoms with Crippen LogP contribution in [0.15, 0.2) is 5.10 Å². The lowest BCUT2D eigenvalue weighted by Gasteiger charge is -2.34. The molecule has 1 aliphatic heterocycles. The number of rotatable bonds is 0. The lowest BCUT2D eigenvalue weighted by molar-refractivity contribution is -0.0944. The first-order valence-electron chi connectivity index (χ1n) is 5.67. The third-order valence-electron chi connectivity index (χ3n) is 4.80. The smallest absolute Gasteiger partial charge is 0.337 e. The molecular formula is C11H17N3O2. The van der Waals surface area contributed by atoms with Crippen LogP contribution in [0.4, 0.5) is 4.79 Å². The Morgan fingerprint density at radius 1 is 1.62 bits per heavy atom. The Kier molecular flexibility index (Phi) is 1.53. The third-order valence-corrected chi connectivity index (χ3v) is 4.80. The fraction of sp³-hybridized carbons (Fsp3) is 0.818. The summed E-state index contributed by atoms with van der Waals surface area (Å²) in [5.74, 6) is 0.889. The standard InChI is InChI=1S/C11H17N3O2/c1-5-7-8-6(10(8,2)3)4-11(7,16)14(13-5)9(12)15/h6-8,16H,4H2,1-3H3,(H2,12,15)/t6-,7+,8-,11+/m0/s1. The van der Waals surface area contributed by atoms with Crippen LogP contribution in [-0.2, 0) is 0 Å². The number of fused-ring (bicyclic) bond motifs is 3. The molecule has 5 nitrogen and oxygen atoms in total. The van der Waals surface area contributed by atoms with Crippen LogP contribution in [0.2, 0.25) is 0 Å². The molecule has 0 aromatic carbocycles. The molecule has 0 aromatic heterocycles. The van der Waals surface area contributed by atoms with E-state index in [9.17, 15) is 9.90 Å². The largest absolute Gasteiger partial charge is 0.368 e. The molecule has 16 heavy (non-hydrogen) atoms. The van der Waals surface area contributed by atoms with Crippen molar-refractivity contribution in [1.82, 2.24) is 5.01 Å². The normalized spacial score (nSPS) is 47.4. The third kappa shape index (κ3) is 0.867. The molecule has 0 unspecified atom stereocenters. The van der Waals surface area contributed by atoms with Crippen LogP contribution in [0, 0.1) is 23.2 Å². The number of amides is 2. The number of hydrogen-bond acceptors (Lipinski definition) is 3. The fourth-order valence-electron chi connectivity index (χ4n) is 3.94. The van der Waals surface area contributed by atoms with Gasteiger partial charge in [-0.15, -0.1) is 0 Å². The number of urea groups is 1. The monoisotopic (exact) mass is 223 g/mol. The predicted octanol–water partition coefficient (Wildman–Crippen LogP) is 0.737. The second kappa shape index (κ2) is 2.42. The van der Waals surface area contributed by atoms with Crippen LogP contribution in [0.1, 0.15) is 27.2 Å². The van der Waals surface area contributed by atoms with E-state index in [2.05, 4.69) is 18.9 Å². The minimum absolute atomic E-state index is 0.0278. The van der Waals surface area contributed by atoms with Crippen molar-refractivity contribution in [1.29, 1.82) is 0 Å². The number of aliphatic hydroxyl groups is 1. The molecule has 2 aliphatic carbocycles. The first-order valence-corrected chi connectivity index (χ1v) is 5.67. The number of carbonyl (C=O) groups excluding carboxylic acids is 1. The van der Waals surface area contributed by atoms with Gasteiger partial charge >= 0.3 is 6.03 Å². The molecule has 0 saturated heterocycles. The fourth-order valence-corrected chi connectivity index (χ4v) is 3.94. The van der Waals surface area contributed by atoms with Crippen LogP contribution in [0.25, 0.3) is 0 Å². The lowest BCUT2D eigenvalue weighted by atomic mass is 9.84. The summed E-state index contributed by atoms with van der Waals surface area (Å²) < 4.78 is 0. The first kappa shape index (κ1) is 10.1. The van der Waals surface area contributed by atoms with Gasteiger partial charge in [-0.25, -0.2) is 4.79 Å². The molecule has 3 rings (SSSR count). The second-order valence-corrected chi connectivity index (χ2v) is 5.91. The van der Waals surface area contributed by atoms with Crippen LogP contribution in [-0.4, -0.2) is 27.6 Å². The van der Waals surface area contributed by atoms with Gasteiger partial charge in [-0.05, 0) is 24.2 Å². The van der Waals surface area contributed by atoms with Crippen molar-refractivity contribution < 1.29 is 9.90 Å². The molecule has 4 atom stereocenters. The van der Waals surface area contributed by atoms with Gasteiger partial charge in [0.05, 0.1) is 5.92 Å². The van der Waals surface area contributed by atoms with E-state index in [4.69, 9.17) is 5.73 Å². The zero-order chi connectivity index (χ0) is 11.9. The van der Waals surface area contributed by atoms with Gasteiger partial charge in [-0.3, -0.25) is 0 Å². The summed E-state index contributed by atoms with van der Waals surface area (Å²) in [4.78, 5) is 11.3. The Balaban J connectivity index is 1.99. The maximum Gasteiger partial charge on any atom is 0.337 e. The quantitative estimate of drug-likeness (QED) is 0.635. The van der Waals surface area contributed by atoms with Crippen molar-refractivity contribution in [3.8, 4) is 0 Å². The van der Waals surface area contributed by atoms with E-state index in [1.165, 1.54) is 0 Å². The number of carbonyl (C=O) groups is 1. The highest BCUT2D eigenvalue weighted by Crippen LogP contribution is 2.73. The minimum Gasteiger partial charge on any atom is -0.368 e. The van der Waals surface area contributed by atoms with Gasteiger partial charge in [-0.2, -0.15) is 10.1 Å². The Morgan fingerprint density at radius 3 is 2.81 bits per heavy atom. The molecule has 88 valence electrons. The summed E-state index contributed by atoms with van der Waals surface area (Å²) in [6.45, 7) is 6.29. The Labute approximate surface area is 94.3 Å². The Morgan fingerprint density at radius 2 is 2.25 bits per heavy atom. The number of hydrogen-bond donors (Lipinski definition) is 2. The number of primary amides is 1. The maximum absolute atomic E-state index is 11.3. The molecule has 0 bridgehead atoms. The molecular weight excluding hydrogens is 206 g/mol. The SMILES string of the molecule is CC1=NN(C(N)=O)[C@@]2(O)C[C@H]3[C@@H]([C@@H]12)C3(C)C. The van der Waals surface area contributed by atoms with Crippen molar-refractivity contribution in [3.05, 3.63) is 0 Å². The zero-order valence-electron chi connectivity index (χ0n) is 9.77. The van der Waals surface area contributed by atoms with E-state index < -0.39 is 11.8 Å². The topological polar surface area (TPSA) is 78.9 Å². The van der Waals surface area contributed by atoms with E-state index in [-0.39, 0.29) is 11.3 Å². The van der Waals surface area contributed by atoms with Crippen LogP contribution < -0.4 is 5.73 Å². The average Bonchev–Trinajstić information content (AvgIpc) is 2.51. The van der Waals surface area contributed by atoms with E-state index >= 15 is 0 Å². The van der Waals surface area contributed by atoms with Crippen LogP contribution in [0.3, 0.4) is 0 Å². The molecule has 0 radical (unpaired) electrons. The van der Waals surface area contributed by atoms with Crippen molar-refractivity contribution in [2.75, 3.05) is 0 Å². The van der Waals surface area contributed by atoms with E-state index in [0.29, 0.717) is 18.3 Å². The molecule has 3 N–H and O–H groups in total. The number of hydrazone groups is 1. The van der Waals surface area contributed by atoms with Gasteiger partial charge in [0.1, 0.15) is 0 Å². The van der Waals surface area contributed by atoms with E-state index in [0.717, 1.165) is 10.7 Å². The highest BCUT2D eigenvalue weighted by Gasteiger charge is 2.75. The van der Waals surface area contributed by atoms with Gasteiger partial charge in [0, 0.05) is 12.1 Å². The molecule has 0 spiro atoms. The highest BCUT2D eigenvalue weighted by atomic mass is 16.3. The lowest BCUT2D eigenvalue weighted by Crippen LogP contribution is -2.52. The molecule has 2 amide bonds. The Hall–Kier alpha value is -1.10. The minimum atomic E-state index is -1.15. The van der Waals surface area contributed by atoms with E-state index in [1.54, 1.807) is 0 Å². The second-order valence-electron chi connectivity index (χ2n) is 5.91. The average molecular weight is 223 g/mol. The van der Waals surface area contributed by atoms with Crippen molar-refractivity contribution in [3.63, 3.8) is 0 Å². The van der Waals surface area contributed by atoms with Gasteiger partial charge in [0.2, 0.25) is 0 Å². The first-order chi connectivity index (χ1) is 7.30. The molecule has 2 saturated carbocycles. The summed E-state index contributed by atoms with van der Waals surface area (Å²) in [6.07, 6.45) is 0.596. The molecule has 2 fully saturated rings. The van der Waals surface area contributed by atoms with Crippen molar-refractivity contribution in [2.24, 2.45) is 34.0 Å². The van der Waals surface area contributed by atoms with Gasteiger partial charge in [-0.1, -0.05) is 13.8 Å². The number of nitrogens with zero attached hydrogens (tertiary/aromatic N) is 2. The summed E-state index contributed by atoms with van der Waals surface area (Å²) in [7, 11) is 0. The highest BCUT2D eigenvalue weighted by molar-refractivity contribution is 5.91. The summed E-state index contributed by atoms with van der Waals surface area (Å²) >= 11 is 0. The van der Waals surface area contributed by atoms with Crippen molar-refractivity contribution >= 4 is 11.7 Å². The van der Waals surface area contributed by atoms with E-state index in [1.807, 2.05) is 6.92 Å². The van der Waals surface area contributed by atoms with Crippen LogP contribution >= 0.6 is 0 Å². The van der Waals surface area contributed by atoms with Gasteiger partial charge in [0.15, 0.2) is 5.72 Å². The maximum atomic E-state index is 11.3. The zero-order valence-corrected chi connectivity index (χ0v) is 9.77. The molecule has 3 aliphatic rings. The van der Waals surface area contributed by atoms with Gasteiger partial charge in [0.25, 0.3) is 0 Å². The molecule has 1 heterocycles. The predicted molar refractivity (Wildman–Crippen MR) is 58.3 cm³/mol. The molecule has 0 aromatic rings. The van der Waals surface area contributed by atoms with Crippen molar-refractivity contribution in [2.45, 2.75) is 32.9 Å². The molecule has 5 heteroatoms.